The van der Waals surface area contributed by atoms with Gasteiger partial charge < -0.3 is 5.41 Å². The Kier molecular flexibility index (Phi) is 2.04. The molecule has 0 aliphatic heterocycles. The predicted octanol–water partition coefficient (Wildman–Crippen LogP) is 2.58. The lowest BCUT2D eigenvalue weighted by atomic mass is 10.1. The van der Waals surface area contributed by atoms with Crippen LogP contribution in [0.4, 0.5) is 0 Å². The standard InChI is InChI=1S/C12H12N2/c1-8(13)6-10-7-9-4-2-3-5-11(9)12(10)14/h2-6,13-14H,7H2,1H3/b10-6-,13-8?,14-12?. The lowest BCUT2D eigenvalue weighted by Crippen LogP contribution is -1.97. The molecule has 0 saturated carbocycles. The maximum absolute atomic E-state index is 7.92. The van der Waals surface area contributed by atoms with Gasteiger partial charge in [-0.25, -0.2) is 0 Å². The van der Waals surface area contributed by atoms with Crippen molar-refractivity contribution < 1.29 is 0 Å². The van der Waals surface area contributed by atoms with Gasteiger partial charge in [-0.1, -0.05) is 24.3 Å². The minimum Gasteiger partial charge on any atom is -0.306 e. The van der Waals surface area contributed by atoms with Crippen molar-refractivity contribution in [1.29, 1.82) is 10.8 Å². The van der Waals surface area contributed by atoms with E-state index in [4.69, 9.17) is 10.8 Å². The number of hydrogen-bond acceptors (Lipinski definition) is 2. The van der Waals surface area contributed by atoms with Crippen molar-refractivity contribution in [1.82, 2.24) is 0 Å². The normalized spacial score (nSPS) is 17.2. The minimum atomic E-state index is 0.512. The summed E-state index contributed by atoms with van der Waals surface area (Å²) in [6.07, 6.45) is 2.58. The molecule has 0 spiro atoms. The third-order valence-electron chi connectivity index (χ3n) is 2.38. The van der Waals surface area contributed by atoms with Gasteiger partial charge in [0.15, 0.2) is 0 Å². The first-order chi connectivity index (χ1) is 6.68. The second-order valence-corrected chi connectivity index (χ2v) is 3.56. The Balaban J connectivity index is 2.44. The molecule has 1 aliphatic carbocycles. The smallest absolute Gasteiger partial charge is 0.0651 e. The molecule has 0 unspecified atom stereocenters. The lowest BCUT2D eigenvalue weighted by Gasteiger charge is -1.96. The summed E-state index contributed by atoms with van der Waals surface area (Å²) in [4.78, 5) is 0. The Morgan fingerprint density at radius 1 is 1.36 bits per heavy atom. The van der Waals surface area contributed by atoms with Crippen molar-refractivity contribution in [2.75, 3.05) is 0 Å². The van der Waals surface area contributed by atoms with Gasteiger partial charge in [0.2, 0.25) is 0 Å². The zero-order valence-corrected chi connectivity index (χ0v) is 8.09. The van der Waals surface area contributed by atoms with E-state index in [-0.39, 0.29) is 0 Å². The quantitative estimate of drug-likeness (QED) is 0.630. The summed E-state index contributed by atoms with van der Waals surface area (Å²) in [5, 5.41) is 15.3. The van der Waals surface area contributed by atoms with E-state index in [1.165, 1.54) is 5.56 Å². The summed E-state index contributed by atoms with van der Waals surface area (Å²) in [6.45, 7) is 1.74. The highest BCUT2D eigenvalue weighted by atomic mass is 14.5. The molecular formula is C12H12N2. The molecule has 1 aromatic carbocycles. The first-order valence-corrected chi connectivity index (χ1v) is 4.61. The summed E-state index contributed by atoms with van der Waals surface area (Å²) < 4.78 is 0. The molecule has 2 rings (SSSR count). The molecule has 0 radical (unpaired) electrons. The molecule has 0 bridgehead atoms. The molecular weight excluding hydrogens is 172 g/mol. The monoisotopic (exact) mass is 184 g/mol. The van der Waals surface area contributed by atoms with Crippen LogP contribution in [-0.4, -0.2) is 11.4 Å². The van der Waals surface area contributed by atoms with E-state index < -0.39 is 0 Å². The van der Waals surface area contributed by atoms with Crippen molar-refractivity contribution in [3.8, 4) is 0 Å². The molecule has 0 atom stereocenters. The average Bonchev–Trinajstić information content (AvgIpc) is 2.44. The summed E-state index contributed by atoms with van der Waals surface area (Å²) in [5.41, 5.74) is 4.26. The molecule has 0 saturated heterocycles. The molecule has 2 heteroatoms. The summed E-state index contributed by atoms with van der Waals surface area (Å²) in [6, 6.07) is 7.96. The van der Waals surface area contributed by atoms with Crippen LogP contribution in [0.3, 0.4) is 0 Å². The average molecular weight is 184 g/mol. The van der Waals surface area contributed by atoms with E-state index in [1.54, 1.807) is 13.0 Å². The zero-order valence-electron chi connectivity index (χ0n) is 8.09. The number of rotatable bonds is 1. The molecule has 2 N–H and O–H groups in total. The van der Waals surface area contributed by atoms with Gasteiger partial charge in [-0.3, -0.25) is 5.41 Å². The number of hydrogen-bond donors (Lipinski definition) is 2. The summed E-state index contributed by atoms with van der Waals surface area (Å²) >= 11 is 0. The molecule has 0 amide bonds. The highest BCUT2D eigenvalue weighted by Gasteiger charge is 2.20. The van der Waals surface area contributed by atoms with E-state index in [9.17, 15) is 0 Å². The summed E-state index contributed by atoms with van der Waals surface area (Å²) in [7, 11) is 0. The van der Waals surface area contributed by atoms with Crippen LogP contribution in [-0.2, 0) is 6.42 Å². The molecule has 0 heterocycles. The number of benzene rings is 1. The number of allylic oxidation sites excluding steroid dienone is 2. The molecule has 1 aromatic rings. The van der Waals surface area contributed by atoms with Gasteiger partial charge in [0.1, 0.15) is 0 Å². The van der Waals surface area contributed by atoms with E-state index in [2.05, 4.69) is 0 Å². The van der Waals surface area contributed by atoms with Crippen LogP contribution in [0.25, 0.3) is 0 Å². The first-order valence-electron chi connectivity index (χ1n) is 4.61. The molecule has 1 aliphatic rings. The van der Waals surface area contributed by atoms with Gasteiger partial charge in [0.05, 0.1) is 5.71 Å². The van der Waals surface area contributed by atoms with Crippen LogP contribution in [0.15, 0.2) is 35.9 Å². The van der Waals surface area contributed by atoms with Crippen LogP contribution in [0, 0.1) is 10.8 Å². The van der Waals surface area contributed by atoms with E-state index >= 15 is 0 Å². The molecule has 0 aromatic heterocycles. The van der Waals surface area contributed by atoms with E-state index in [1.807, 2.05) is 24.3 Å². The van der Waals surface area contributed by atoms with Gasteiger partial charge >= 0.3 is 0 Å². The Labute approximate surface area is 83.3 Å². The summed E-state index contributed by atoms with van der Waals surface area (Å²) in [5.74, 6) is 0. The fourth-order valence-electron chi connectivity index (χ4n) is 1.77. The SMILES string of the molecule is CC(=N)/C=C1/Cc2ccccc2C1=N. The third-order valence-corrected chi connectivity index (χ3v) is 2.38. The Morgan fingerprint density at radius 2 is 2.07 bits per heavy atom. The number of fused-ring (bicyclic) bond motifs is 1. The lowest BCUT2D eigenvalue weighted by molar-refractivity contribution is 1.27. The maximum atomic E-state index is 7.92. The molecule has 2 nitrogen and oxygen atoms in total. The van der Waals surface area contributed by atoms with E-state index in [0.29, 0.717) is 11.4 Å². The highest BCUT2D eigenvalue weighted by molar-refractivity contribution is 6.17. The maximum Gasteiger partial charge on any atom is 0.0651 e. The highest BCUT2D eigenvalue weighted by Crippen LogP contribution is 2.25. The van der Waals surface area contributed by atoms with Crippen LogP contribution < -0.4 is 0 Å². The van der Waals surface area contributed by atoms with Gasteiger partial charge in [0.25, 0.3) is 0 Å². The van der Waals surface area contributed by atoms with Crippen molar-refractivity contribution in [3.63, 3.8) is 0 Å². The molecule has 0 fully saturated rings. The first kappa shape index (κ1) is 8.88. The van der Waals surface area contributed by atoms with Crippen molar-refractivity contribution in [2.45, 2.75) is 13.3 Å². The third kappa shape index (κ3) is 1.39. The van der Waals surface area contributed by atoms with E-state index in [0.717, 1.165) is 17.6 Å². The van der Waals surface area contributed by atoms with Crippen LogP contribution in [0.2, 0.25) is 0 Å². The van der Waals surface area contributed by atoms with Crippen molar-refractivity contribution in [2.24, 2.45) is 0 Å². The van der Waals surface area contributed by atoms with Crippen LogP contribution in [0.5, 0.6) is 0 Å². The fraction of sp³-hybridized carbons (Fsp3) is 0.167. The largest absolute Gasteiger partial charge is 0.306 e. The van der Waals surface area contributed by atoms with Gasteiger partial charge in [-0.2, -0.15) is 0 Å². The van der Waals surface area contributed by atoms with Crippen LogP contribution >= 0.6 is 0 Å². The fourth-order valence-corrected chi connectivity index (χ4v) is 1.77. The molecule has 14 heavy (non-hydrogen) atoms. The van der Waals surface area contributed by atoms with Gasteiger partial charge in [-0.05, 0) is 24.1 Å². The Hall–Kier alpha value is -1.70. The molecule has 70 valence electrons. The van der Waals surface area contributed by atoms with Gasteiger partial charge in [-0.15, -0.1) is 0 Å². The minimum absolute atomic E-state index is 0.512. The zero-order chi connectivity index (χ0) is 10.1. The number of nitrogens with one attached hydrogen (secondary N) is 2. The van der Waals surface area contributed by atoms with Crippen molar-refractivity contribution >= 4 is 11.4 Å². The van der Waals surface area contributed by atoms with Gasteiger partial charge in [0, 0.05) is 17.7 Å². The van der Waals surface area contributed by atoms with Crippen LogP contribution in [0.1, 0.15) is 18.1 Å². The Bertz CT molecular complexity index is 441. The second kappa shape index (κ2) is 3.22. The van der Waals surface area contributed by atoms with Crippen molar-refractivity contribution in [3.05, 3.63) is 47.0 Å². The second-order valence-electron chi connectivity index (χ2n) is 3.56. The topological polar surface area (TPSA) is 47.7 Å². The predicted molar refractivity (Wildman–Crippen MR) is 58.5 cm³/mol. The Morgan fingerprint density at radius 3 is 2.71 bits per heavy atom.